The van der Waals surface area contributed by atoms with Crippen LogP contribution in [0.3, 0.4) is 0 Å². The monoisotopic (exact) mass is 407 g/mol. The molecule has 120 valence electrons. The van der Waals surface area contributed by atoms with E-state index in [1.807, 2.05) is 0 Å². The second-order valence-electron chi connectivity index (χ2n) is 5.37. The van der Waals surface area contributed by atoms with Gasteiger partial charge in [0.15, 0.2) is 0 Å². The highest BCUT2D eigenvalue weighted by molar-refractivity contribution is 9.10. The third kappa shape index (κ3) is 4.58. The highest BCUT2D eigenvalue weighted by Crippen LogP contribution is 2.38. The lowest BCUT2D eigenvalue weighted by molar-refractivity contribution is -0.153. The first-order valence-corrected chi connectivity index (χ1v) is 8.44. The van der Waals surface area contributed by atoms with Gasteiger partial charge in [0, 0.05) is 9.50 Å². The van der Waals surface area contributed by atoms with Crippen molar-refractivity contribution >= 4 is 37.6 Å². The van der Waals surface area contributed by atoms with Gasteiger partial charge in [-0.1, -0.05) is 33.6 Å². The van der Waals surface area contributed by atoms with Gasteiger partial charge >= 0.3 is 6.18 Å². The van der Waals surface area contributed by atoms with Crippen molar-refractivity contribution in [3.63, 3.8) is 0 Å². The van der Waals surface area contributed by atoms with Crippen LogP contribution in [-0.4, -0.2) is 19.3 Å². The maximum Gasteiger partial charge on any atom is 0.408 e. The lowest BCUT2D eigenvalue weighted by atomic mass is 10.1. The van der Waals surface area contributed by atoms with Crippen LogP contribution in [0.2, 0.25) is 5.02 Å². The molecule has 0 saturated heterocycles. The Hall–Kier alpha value is -0.310. The standard InChI is InChI=1S/C12H14BrClF3NO2S/c1-11(2,3)21(19,20)18-10(12(15,16)17)8-5-4-7(13)6-9(8)14/h4-6,10,18H,1-3H3/t10-/m0/s1. The van der Waals surface area contributed by atoms with Crippen LogP contribution < -0.4 is 4.72 Å². The molecule has 1 N–H and O–H groups in total. The summed E-state index contributed by atoms with van der Waals surface area (Å²) in [5.74, 6) is 0. The molecule has 0 spiro atoms. The third-order valence-electron chi connectivity index (χ3n) is 2.68. The summed E-state index contributed by atoms with van der Waals surface area (Å²) >= 11 is 8.89. The van der Waals surface area contributed by atoms with E-state index in [1.165, 1.54) is 32.9 Å². The normalized spacial score (nSPS) is 15.0. The van der Waals surface area contributed by atoms with Gasteiger partial charge in [-0.2, -0.15) is 17.9 Å². The molecule has 9 heteroatoms. The maximum absolute atomic E-state index is 13.2. The zero-order chi connectivity index (χ0) is 16.6. The Labute approximate surface area is 135 Å². The highest BCUT2D eigenvalue weighted by atomic mass is 79.9. The van der Waals surface area contributed by atoms with Crippen molar-refractivity contribution in [3.8, 4) is 0 Å². The van der Waals surface area contributed by atoms with Gasteiger partial charge in [-0.3, -0.25) is 0 Å². The van der Waals surface area contributed by atoms with Gasteiger partial charge in [0.1, 0.15) is 6.04 Å². The molecule has 1 atom stereocenters. The Morgan fingerprint density at radius 3 is 2.14 bits per heavy atom. The van der Waals surface area contributed by atoms with Crippen molar-refractivity contribution < 1.29 is 21.6 Å². The molecule has 0 fully saturated rings. The molecule has 1 rings (SSSR count). The lowest BCUT2D eigenvalue weighted by Gasteiger charge is -2.27. The van der Waals surface area contributed by atoms with Crippen LogP contribution in [0.4, 0.5) is 13.2 Å². The number of rotatable bonds is 3. The van der Waals surface area contributed by atoms with Gasteiger partial charge in [-0.15, -0.1) is 0 Å². The van der Waals surface area contributed by atoms with E-state index in [2.05, 4.69) is 15.9 Å². The second-order valence-corrected chi connectivity index (χ2v) is 9.16. The molecule has 0 heterocycles. The Morgan fingerprint density at radius 1 is 1.24 bits per heavy atom. The summed E-state index contributed by atoms with van der Waals surface area (Å²) in [6.45, 7) is 3.93. The summed E-state index contributed by atoms with van der Waals surface area (Å²) in [4.78, 5) is 0. The quantitative estimate of drug-likeness (QED) is 0.804. The van der Waals surface area contributed by atoms with Crippen LogP contribution in [0.1, 0.15) is 32.4 Å². The summed E-state index contributed by atoms with van der Waals surface area (Å²) in [6, 6.07) is 1.38. The minimum Gasteiger partial charge on any atom is -0.212 e. The largest absolute Gasteiger partial charge is 0.408 e. The molecule has 3 nitrogen and oxygen atoms in total. The van der Waals surface area contributed by atoms with Crippen molar-refractivity contribution in [1.29, 1.82) is 0 Å². The van der Waals surface area contributed by atoms with Gasteiger partial charge < -0.3 is 0 Å². The number of nitrogens with one attached hydrogen (secondary N) is 1. The molecule has 0 aliphatic heterocycles. The van der Waals surface area contributed by atoms with Crippen molar-refractivity contribution in [2.45, 2.75) is 37.7 Å². The first kappa shape index (κ1) is 18.7. The zero-order valence-corrected chi connectivity index (χ0v) is 14.6. The zero-order valence-electron chi connectivity index (χ0n) is 11.4. The highest BCUT2D eigenvalue weighted by Gasteiger charge is 2.46. The van der Waals surface area contributed by atoms with Crippen LogP contribution in [0, 0.1) is 0 Å². The van der Waals surface area contributed by atoms with Crippen molar-refractivity contribution in [2.24, 2.45) is 0 Å². The molecule has 0 bridgehead atoms. The van der Waals surface area contributed by atoms with E-state index in [0.717, 1.165) is 6.07 Å². The Bertz CT molecular complexity index is 626. The lowest BCUT2D eigenvalue weighted by Crippen LogP contribution is -2.45. The molecule has 0 amide bonds. The van der Waals surface area contributed by atoms with E-state index in [9.17, 15) is 21.6 Å². The van der Waals surface area contributed by atoms with E-state index in [4.69, 9.17) is 11.6 Å². The maximum atomic E-state index is 13.2. The summed E-state index contributed by atoms with van der Waals surface area (Å²) < 4.78 is 64.4. The van der Waals surface area contributed by atoms with E-state index >= 15 is 0 Å². The predicted octanol–water partition coefficient (Wildman–Crippen LogP) is 4.42. The number of hydrogen-bond acceptors (Lipinski definition) is 2. The first-order chi connectivity index (χ1) is 9.25. The van der Waals surface area contributed by atoms with E-state index in [-0.39, 0.29) is 10.6 Å². The summed E-state index contributed by atoms with van der Waals surface area (Å²) in [7, 11) is -4.20. The molecule has 1 aromatic carbocycles. The van der Waals surface area contributed by atoms with E-state index in [1.54, 1.807) is 4.72 Å². The average molecular weight is 409 g/mol. The minimum absolute atomic E-state index is 0.177. The Kier molecular flexibility index (Phi) is 5.41. The number of hydrogen-bond donors (Lipinski definition) is 1. The molecule has 21 heavy (non-hydrogen) atoms. The fourth-order valence-corrected chi connectivity index (χ4v) is 3.08. The number of benzene rings is 1. The fraction of sp³-hybridized carbons (Fsp3) is 0.500. The van der Waals surface area contributed by atoms with Gasteiger partial charge in [-0.05, 0) is 38.5 Å². The number of alkyl halides is 3. The van der Waals surface area contributed by atoms with Gasteiger partial charge in [0.25, 0.3) is 0 Å². The molecular formula is C12H14BrClF3NO2S. The minimum atomic E-state index is -4.81. The van der Waals surface area contributed by atoms with Crippen LogP contribution >= 0.6 is 27.5 Å². The first-order valence-electron chi connectivity index (χ1n) is 5.79. The van der Waals surface area contributed by atoms with Crippen molar-refractivity contribution in [3.05, 3.63) is 33.3 Å². The smallest absolute Gasteiger partial charge is 0.212 e. The predicted molar refractivity (Wildman–Crippen MR) is 79.8 cm³/mol. The molecule has 1 aromatic rings. The van der Waals surface area contributed by atoms with E-state index < -0.39 is 27.0 Å². The molecular weight excluding hydrogens is 395 g/mol. The van der Waals surface area contributed by atoms with Gasteiger partial charge in [0.05, 0.1) is 4.75 Å². The molecule has 0 radical (unpaired) electrons. The topological polar surface area (TPSA) is 46.2 Å². The molecule has 0 unspecified atom stereocenters. The second kappa shape index (κ2) is 6.06. The molecule has 0 aromatic heterocycles. The number of sulfonamides is 1. The van der Waals surface area contributed by atoms with Crippen molar-refractivity contribution in [1.82, 2.24) is 4.72 Å². The Balaban J connectivity index is 3.33. The Morgan fingerprint density at radius 2 is 1.76 bits per heavy atom. The molecule has 0 aliphatic carbocycles. The molecule has 0 aliphatic rings. The molecule has 0 saturated carbocycles. The van der Waals surface area contributed by atoms with Crippen LogP contribution in [0.25, 0.3) is 0 Å². The summed E-state index contributed by atoms with van der Waals surface area (Å²) in [5.41, 5.74) is -0.347. The van der Waals surface area contributed by atoms with E-state index in [0.29, 0.717) is 4.47 Å². The average Bonchev–Trinajstić information content (AvgIpc) is 2.23. The summed E-state index contributed by atoms with van der Waals surface area (Å²) in [5, 5.41) is -0.177. The summed E-state index contributed by atoms with van der Waals surface area (Å²) in [6.07, 6.45) is -4.81. The van der Waals surface area contributed by atoms with Crippen LogP contribution in [0.15, 0.2) is 22.7 Å². The fourth-order valence-electron chi connectivity index (χ4n) is 1.37. The van der Waals surface area contributed by atoms with Crippen LogP contribution in [-0.2, 0) is 10.0 Å². The van der Waals surface area contributed by atoms with Gasteiger partial charge in [-0.25, -0.2) is 8.42 Å². The number of halogens is 5. The van der Waals surface area contributed by atoms with Crippen LogP contribution in [0.5, 0.6) is 0 Å². The van der Waals surface area contributed by atoms with Gasteiger partial charge in [0.2, 0.25) is 10.0 Å². The van der Waals surface area contributed by atoms with Crippen molar-refractivity contribution in [2.75, 3.05) is 0 Å². The SMILES string of the molecule is CC(C)(C)S(=O)(=O)N[C@@H](c1ccc(Br)cc1Cl)C(F)(F)F. The third-order valence-corrected chi connectivity index (χ3v) is 5.66.